The smallest absolute Gasteiger partial charge is 0.292 e. The maximum atomic E-state index is 12.1. The monoisotopic (exact) mass is 382 g/mol. The molecule has 0 aromatic heterocycles. The molecule has 0 heterocycles. The summed E-state index contributed by atoms with van der Waals surface area (Å²) in [7, 11) is 0. The summed E-state index contributed by atoms with van der Waals surface area (Å²) < 4.78 is 0. The summed E-state index contributed by atoms with van der Waals surface area (Å²) in [5, 5.41) is 0. The van der Waals surface area contributed by atoms with Gasteiger partial charge in [-0.15, -0.1) is 0 Å². The van der Waals surface area contributed by atoms with E-state index in [-0.39, 0.29) is 0 Å². The predicted octanol–water partition coefficient (Wildman–Crippen LogP) is 4.47. The van der Waals surface area contributed by atoms with E-state index in [1.165, 1.54) is 0 Å². The average Bonchev–Trinajstić information content (AvgIpc) is 2.72. The highest BCUT2D eigenvalue weighted by molar-refractivity contribution is 5.89. The molecule has 146 valence electrons. The molecule has 0 amide bonds. The molecule has 1 atom stereocenters. The zero-order valence-electron chi connectivity index (χ0n) is 15.8. The zero-order chi connectivity index (χ0) is 19.9. The second-order valence-electron chi connectivity index (χ2n) is 6.67. The van der Waals surface area contributed by atoms with Gasteiger partial charge >= 0.3 is 11.9 Å². The number of carbonyl (C=O) groups excluding carboxylic acids is 2. The van der Waals surface area contributed by atoms with E-state index in [2.05, 4.69) is 0 Å². The lowest BCUT2D eigenvalue weighted by Gasteiger charge is -2.26. The lowest BCUT2D eigenvalue weighted by molar-refractivity contribution is -0.317. The first kappa shape index (κ1) is 20.0. The summed E-state index contributed by atoms with van der Waals surface area (Å²) in [6.07, 6.45) is 3.52. The van der Waals surface area contributed by atoms with Crippen molar-refractivity contribution in [2.24, 2.45) is 0 Å². The molecule has 6 heteroatoms. The van der Waals surface area contributed by atoms with Crippen molar-refractivity contribution in [2.45, 2.75) is 39.2 Å². The predicted molar refractivity (Wildman–Crippen MR) is 101 cm³/mol. The van der Waals surface area contributed by atoms with E-state index in [1.54, 1.807) is 24.3 Å². The Hall–Kier alpha value is -2.70. The normalized spacial score (nSPS) is 17.1. The molecule has 3 rings (SSSR count). The molecular weight excluding hydrogens is 360 g/mol. The highest BCUT2D eigenvalue weighted by Crippen LogP contribution is 2.30. The van der Waals surface area contributed by atoms with Gasteiger partial charge < -0.3 is 0 Å². The van der Waals surface area contributed by atoms with Crippen LogP contribution in [-0.2, 0) is 19.6 Å². The van der Waals surface area contributed by atoms with Gasteiger partial charge in [0.05, 0.1) is 11.1 Å². The molecule has 1 fully saturated rings. The minimum Gasteiger partial charge on any atom is -0.292 e. The van der Waals surface area contributed by atoms with E-state index in [1.807, 2.05) is 44.5 Å². The molecule has 0 aliphatic heterocycles. The molecule has 28 heavy (non-hydrogen) atoms. The molecule has 1 unspecified atom stereocenters. The van der Waals surface area contributed by atoms with Gasteiger partial charge in [0.1, 0.15) is 6.10 Å². The average molecular weight is 382 g/mol. The van der Waals surface area contributed by atoms with Gasteiger partial charge in [0.15, 0.2) is 6.10 Å². The molecule has 2 aromatic carbocycles. The highest BCUT2D eigenvalue weighted by atomic mass is 17.2. The second-order valence-corrected chi connectivity index (χ2v) is 6.67. The Labute approximate surface area is 164 Å². The topological polar surface area (TPSA) is 71.1 Å². The van der Waals surface area contributed by atoms with Crippen LogP contribution < -0.4 is 0 Å². The third kappa shape index (κ3) is 5.41. The van der Waals surface area contributed by atoms with Crippen molar-refractivity contribution in [1.82, 2.24) is 0 Å². The van der Waals surface area contributed by atoms with Gasteiger partial charge in [-0.25, -0.2) is 9.59 Å². The first-order valence-electron chi connectivity index (χ1n) is 9.10. The van der Waals surface area contributed by atoms with Crippen LogP contribution in [0.2, 0.25) is 0 Å². The number of carbonyl (C=O) groups is 2. The van der Waals surface area contributed by atoms with Crippen LogP contribution in [0.5, 0.6) is 0 Å². The number of rotatable bonds is 6. The van der Waals surface area contributed by atoms with Crippen molar-refractivity contribution in [2.75, 3.05) is 0 Å². The summed E-state index contributed by atoms with van der Waals surface area (Å²) in [6.45, 7) is 3.86. The Bertz CT molecular complexity index is 727. The van der Waals surface area contributed by atoms with E-state index in [0.717, 1.165) is 17.5 Å². The fraction of sp³-hybridized carbons (Fsp3) is 0.273. The van der Waals surface area contributed by atoms with E-state index in [0.29, 0.717) is 30.1 Å². The van der Waals surface area contributed by atoms with Crippen molar-refractivity contribution in [3.05, 3.63) is 83.3 Å². The van der Waals surface area contributed by atoms with E-state index in [4.69, 9.17) is 19.6 Å². The minimum atomic E-state index is -0.631. The fourth-order valence-electron chi connectivity index (χ4n) is 2.66. The number of benzene rings is 2. The molecule has 0 bridgehead atoms. The standard InChI is InChI=1S/C22H22O6/c1-15-7-11-17(12-8-15)21(23)27-25-19-5-3-4-6-20(19)26-28-22(24)18-13-9-16(2)10-14-18/h3,7-14,19H,4-6H2,1-2H3. The summed E-state index contributed by atoms with van der Waals surface area (Å²) >= 11 is 0. The highest BCUT2D eigenvalue weighted by Gasteiger charge is 2.32. The first-order valence-corrected chi connectivity index (χ1v) is 9.10. The van der Waals surface area contributed by atoms with Crippen LogP contribution in [0.3, 0.4) is 0 Å². The Morgan fingerprint density at radius 1 is 0.821 bits per heavy atom. The third-order valence-corrected chi connectivity index (χ3v) is 4.37. The maximum absolute atomic E-state index is 12.1. The van der Waals surface area contributed by atoms with Crippen LogP contribution in [0.25, 0.3) is 0 Å². The molecular formula is C22H22O6. The van der Waals surface area contributed by atoms with Crippen molar-refractivity contribution >= 4 is 11.9 Å². The molecule has 0 N–H and O–H groups in total. The summed E-state index contributed by atoms with van der Waals surface area (Å²) in [4.78, 5) is 44.5. The molecule has 2 aromatic rings. The van der Waals surface area contributed by atoms with Gasteiger partial charge in [0.2, 0.25) is 0 Å². The summed E-state index contributed by atoms with van der Waals surface area (Å²) in [6, 6.07) is 13.9. The molecule has 1 saturated carbocycles. The Morgan fingerprint density at radius 2 is 1.36 bits per heavy atom. The Morgan fingerprint density at radius 3 is 1.93 bits per heavy atom. The van der Waals surface area contributed by atoms with Crippen molar-refractivity contribution in [3.63, 3.8) is 0 Å². The van der Waals surface area contributed by atoms with Gasteiger partial charge in [-0.05, 0) is 63.8 Å². The third-order valence-electron chi connectivity index (χ3n) is 4.37. The van der Waals surface area contributed by atoms with Gasteiger partial charge in [-0.3, -0.25) is 9.78 Å². The van der Waals surface area contributed by atoms with Crippen molar-refractivity contribution < 1.29 is 29.1 Å². The molecule has 6 nitrogen and oxygen atoms in total. The van der Waals surface area contributed by atoms with Gasteiger partial charge in [0, 0.05) is 0 Å². The van der Waals surface area contributed by atoms with Crippen LogP contribution in [-0.4, -0.2) is 18.0 Å². The zero-order valence-corrected chi connectivity index (χ0v) is 15.8. The van der Waals surface area contributed by atoms with Gasteiger partial charge in [-0.1, -0.05) is 35.4 Å². The molecule has 1 aliphatic rings. The second kappa shape index (κ2) is 9.48. The lowest BCUT2D eigenvalue weighted by atomic mass is 9.95. The summed E-state index contributed by atoms with van der Waals surface area (Å²) in [5.41, 5.74) is 2.85. The first-order chi connectivity index (χ1) is 13.5. The fourth-order valence-corrected chi connectivity index (χ4v) is 2.66. The number of aryl methyl sites for hydroxylation is 2. The van der Waals surface area contributed by atoms with E-state index in [9.17, 15) is 9.59 Å². The van der Waals surface area contributed by atoms with Crippen LogP contribution in [0.4, 0.5) is 0 Å². The quantitative estimate of drug-likeness (QED) is 0.542. The number of hydrogen-bond acceptors (Lipinski definition) is 6. The van der Waals surface area contributed by atoms with Crippen molar-refractivity contribution in [3.8, 4) is 0 Å². The number of hydrogen-bond donors (Lipinski definition) is 0. The van der Waals surface area contributed by atoms with Gasteiger partial charge in [-0.2, -0.15) is 9.78 Å². The van der Waals surface area contributed by atoms with Crippen LogP contribution in [0.1, 0.15) is 51.1 Å². The van der Waals surface area contributed by atoms with Crippen LogP contribution >= 0.6 is 0 Å². The van der Waals surface area contributed by atoms with E-state index >= 15 is 0 Å². The molecule has 1 aliphatic carbocycles. The van der Waals surface area contributed by atoms with Crippen molar-refractivity contribution in [1.29, 1.82) is 0 Å². The molecule has 0 spiro atoms. The molecule has 2 radical (unpaired) electrons. The largest absolute Gasteiger partial charge is 0.373 e. The SMILES string of the molecule is Cc1ccc(C(=O)OO[C]2CC[CH]CC2OOC(=O)c2ccc(C)cc2)cc1. The lowest BCUT2D eigenvalue weighted by Crippen LogP contribution is -2.30. The van der Waals surface area contributed by atoms with Crippen LogP contribution in [0.15, 0.2) is 48.5 Å². The summed E-state index contributed by atoms with van der Waals surface area (Å²) in [5.74, 6) is -1.20. The molecule has 0 saturated heterocycles. The Kier molecular flexibility index (Phi) is 6.79. The Balaban J connectivity index is 1.52. The minimum absolute atomic E-state index is 0.386. The maximum Gasteiger partial charge on any atom is 0.373 e. The van der Waals surface area contributed by atoms with Crippen LogP contribution in [0, 0.1) is 26.4 Å². The van der Waals surface area contributed by atoms with Gasteiger partial charge in [0.25, 0.3) is 0 Å². The van der Waals surface area contributed by atoms with E-state index < -0.39 is 18.0 Å².